The Morgan fingerprint density at radius 1 is 0.828 bits per heavy atom. The monoisotopic (exact) mass is 389 g/mol. The van der Waals surface area contributed by atoms with E-state index < -0.39 is 0 Å². The molecule has 29 heavy (non-hydrogen) atoms. The van der Waals surface area contributed by atoms with Crippen LogP contribution in [0.2, 0.25) is 0 Å². The van der Waals surface area contributed by atoms with Gasteiger partial charge in [0.05, 0.1) is 7.11 Å². The molecule has 0 spiro atoms. The maximum atomic E-state index is 5.20. The Morgan fingerprint density at radius 3 is 2.17 bits per heavy atom. The number of hydrogen-bond acceptors (Lipinski definition) is 6. The van der Waals surface area contributed by atoms with Crippen molar-refractivity contribution in [3.8, 4) is 5.75 Å². The topological polar surface area (TPSA) is 62.3 Å². The van der Waals surface area contributed by atoms with Crippen molar-refractivity contribution in [2.75, 3.05) is 35.7 Å². The van der Waals surface area contributed by atoms with Gasteiger partial charge in [-0.25, -0.2) is 4.98 Å². The first-order valence-corrected chi connectivity index (χ1v) is 10.1. The Balaban J connectivity index is 1.45. The minimum atomic E-state index is 0.576. The minimum Gasteiger partial charge on any atom is -0.497 e. The molecule has 6 nitrogen and oxygen atoms in total. The quantitative estimate of drug-likeness (QED) is 0.599. The van der Waals surface area contributed by atoms with Crippen LogP contribution in [0.15, 0.2) is 54.6 Å². The van der Waals surface area contributed by atoms with Crippen LogP contribution in [-0.4, -0.2) is 30.2 Å². The molecule has 1 aliphatic heterocycles. The molecule has 0 bridgehead atoms. The number of anilines is 5. The number of nitrogens with one attached hydrogen (secondary N) is 2. The zero-order chi connectivity index (χ0) is 20.1. The molecule has 0 amide bonds. The van der Waals surface area contributed by atoms with Gasteiger partial charge >= 0.3 is 0 Å². The van der Waals surface area contributed by atoms with Crippen LogP contribution in [0.5, 0.6) is 5.75 Å². The highest BCUT2D eigenvalue weighted by Crippen LogP contribution is 2.24. The van der Waals surface area contributed by atoms with E-state index in [4.69, 9.17) is 4.74 Å². The standard InChI is InChI=1S/C23H27N5O/c1-17-16-22(25-18-8-12-21(29-2)13-9-18)27-23(24-17)26-19-6-10-20(11-7-19)28-14-4-3-5-15-28/h6-13,16H,3-5,14-15H2,1-2H3,(H2,24,25,26,27). The lowest BCUT2D eigenvalue weighted by atomic mass is 10.1. The van der Waals surface area contributed by atoms with Crippen LogP contribution in [0.3, 0.4) is 0 Å². The van der Waals surface area contributed by atoms with Gasteiger partial charge in [-0.1, -0.05) is 0 Å². The SMILES string of the molecule is COc1ccc(Nc2cc(C)nc(Nc3ccc(N4CCCCC4)cc3)n2)cc1. The maximum absolute atomic E-state index is 5.20. The van der Waals surface area contributed by atoms with Gasteiger partial charge in [-0.15, -0.1) is 0 Å². The number of aromatic nitrogens is 2. The van der Waals surface area contributed by atoms with Crippen molar-refractivity contribution in [3.63, 3.8) is 0 Å². The van der Waals surface area contributed by atoms with Crippen molar-refractivity contribution >= 4 is 28.8 Å². The van der Waals surface area contributed by atoms with E-state index in [0.29, 0.717) is 5.95 Å². The summed E-state index contributed by atoms with van der Waals surface area (Å²) in [6, 6.07) is 18.2. The number of aryl methyl sites for hydroxylation is 1. The average Bonchev–Trinajstić information content (AvgIpc) is 2.75. The van der Waals surface area contributed by atoms with Crippen molar-refractivity contribution in [1.82, 2.24) is 9.97 Å². The Kier molecular flexibility index (Phi) is 5.79. The van der Waals surface area contributed by atoms with E-state index in [-0.39, 0.29) is 0 Å². The van der Waals surface area contributed by atoms with E-state index in [2.05, 4.69) is 49.8 Å². The van der Waals surface area contributed by atoms with Gasteiger partial charge in [-0.2, -0.15) is 4.98 Å². The summed E-state index contributed by atoms with van der Waals surface area (Å²) < 4.78 is 5.20. The molecule has 3 aromatic rings. The molecule has 1 saturated heterocycles. The van der Waals surface area contributed by atoms with Gasteiger partial charge in [0, 0.05) is 41.9 Å². The van der Waals surface area contributed by atoms with Gasteiger partial charge < -0.3 is 20.3 Å². The third kappa shape index (κ3) is 4.96. The number of nitrogens with zero attached hydrogens (tertiary/aromatic N) is 3. The van der Waals surface area contributed by atoms with Crippen LogP contribution < -0.4 is 20.3 Å². The molecule has 0 radical (unpaired) electrons. The van der Waals surface area contributed by atoms with Gasteiger partial charge in [-0.3, -0.25) is 0 Å². The van der Waals surface area contributed by atoms with Crippen molar-refractivity contribution < 1.29 is 4.74 Å². The van der Waals surface area contributed by atoms with Crippen molar-refractivity contribution in [2.45, 2.75) is 26.2 Å². The fourth-order valence-electron chi connectivity index (χ4n) is 3.55. The summed E-state index contributed by atoms with van der Waals surface area (Å²) in [5.41, 5.74) is 4.10. The van der Waals surface area contributed by atoms with Gasteiger partial charge in [0.2, 0.25) is 5.95 Å². The van der Waals surface area contributed by atoms with E-state index >= 15 is 0 Å². The molecular weight excluding hydrogens is 362 g/mol. The van der Waals surface area contributed by atoms with Gasteiger partial charge in [0.25, 0.3) is 0 Å². The summed E-state index contributed by atoms with van der Waals surface area (Å²) >= 11 is 0. The molecule has 0 saturated carbocycles. The van der Waals surface area contributed by atoms with Crippen molar-refractivity contribution in [3.05, 3.63) is 60.3 Å². The first-order valence-electron chi connectivity index (χ1n) is 10.1. The van der Waals surface area contributed by atoms with E-state index in [9.17, 15) is 0 Å². The molecule has 1 aromatic heterocycles. The number of methoxy groups -OCH3 is 1. The second kappa shape index (κ2) is 8.82. The van der Waals surface area contributed by atoms with Gasteiger partial charge in [0.15, 0.2) is 0 Å². The van der Waals surface area contributed by atoms with Crippen molar-refractivity contribution in [2.24, 2.45) is 0 Å². The summed E-state index contributed by atoms with van der Waals surface area (Å²) in [7, 11) is 1.66. The lowest BCUT2D eigenvalue weighted by Gasteiger charge is -2.28. The summed E-state index contributed by atoms with van der Waals surface area (Å²) in [6.07, 6.45) is 3.90. The normalized spacial score (nSPS) is 13.8. The molecular formula is C23H27N5O. The van der Waals surface area contributed by atoms with Crippen LogP contribution in [0, 0.1) is 6.92 Å². The molecule has 0 aliphatic carbocycles. The highest BCUT2D eigenvalue weighted by Gasteiger charge is 2.11. The van der Waals surface area contributed by atoms with Gasteiger partial charge in [0.1, 0.15) is 11.6 Å². The largest absolute Gasteiger partial charge is 0.497 e. The second-order valence-corrected chi connectivity index (χ2v) is 7.29. The Bertz CT molecular complexity index is 934. The molecule has 2 N–H and O–H groups in total. The molecule has 6 heteroatoms. The van der Waals surface area contributed by atoms with Crippen LogP contribution in [0.25, 0.3) is 0 Å². The van der Waals surface area contributed by atoms with E-state index in [0.717, 1.165) is 41.7 Å². The molecule has 4 rings (SSSR count). The Hall–Kier alpha value is -3.28. The van der Waals surface area contributed by atoms with Crippen LogP contribution >= 0.6 is 0 Å². The number of benzene rings is 2. The third-order valence-electron chi connectivity index (χ3n) is 5.06. The zero-order valence-electron chi connectivity index (χ0n) is 17.0. The van der Waals surface area contributed by atoms with Gasteiger partial charge in [-0.05, 0) is 74.7 Å². The third-order valence-corrected chi connectivity index (χ3v) is 5.06. The highest BCUT2D eigenvalue weighted by atomic mass is 16.5. The molecule has 1 fully saturated rings. The molecule has 0 unspecified atom stereocenters. The highest BCUT2D eigenvalue weighted by molar-refractivity contribution is 5.62. The van der Waals surface area contributed by atoms with Crippen LogP contribution in [0.4, 0.5) is 28.8 Å². The average molecular weight is 390 g/mol. The summed E-state index contributed by atoms with van der Waals surface area (Å²) in [5.74, 6) is 2.15. The Labute approximate surface area is 172 Å². The number of ether oxygens (including phenoxy) is 1. The lowest BCUT2D eigenvalue weighted by Crippen LogP contribution is -2.29. The number of piperidine rings is 1. The zero-order valence-corrected chi connectivity index (χ0v) is 17.0. The summed E-state index contributed by atoms with van der Waals surface area (Å²) in [6.45, 7) is 4.26. The second-order valence-electron chi connectivity index (χ2n) is 7.29. The first kappa shape index (κ1) is 19.1. The fraction of sp³-hybridized carbons (Fsp3) is 0.304. The predicted octanol–water partition coefficient (Wildman–Crippen LogP) is 5.27. The molecule has 2 aromatic carbocycles. The van der Waals surface area contributed by atoms with E-state index in [1.165, 1.54) is 24.9 Å². The van der Waals surface area contributed by atoms with Crippen LogP contribution in [0.1, 0.15) is 25.0 Å². The van der Waals surface area contributed by atoms with E-state index in [1.807, 2.05) is 37.3 Å². The number of hydrogen-bond donors (Lipinski definition) is 2. The molecule has 1 aliphatic rings. The fourth-order valence-corrected chi connectivity index (χ4v) is 3.55. The summed E-state index contributed by atoms with van der Waals surface area (Å²) in [5, 5.41) is 6.64. The van der Waals surface area contributed by atoms with Crippen LogP contribution in [-0.2, 0) is 0 Å². The lowest BCUT2D eigenvalue weighted by molar-refractivity contribution is 0.415. The number of rotatable bonds is 6. The molecule has 0 atom stereocenters. The molecule has 150 valence electrons. The predicted molar refractivity (Wildman–Crippen MR) is 119 cm³/mol. The smallest absolute Gasteiger partial charge is 0.229 e. The van der Waals surface area contributed by atoms with Crippen molar-refractivity contribution in [1.29, 1.82) is 0 Å². The molecule has 2 heterocycles. The first-order chi connectivity index (χ1) is 14.2. The minimum absolute atomic E-state index is 0.576. The maximum Gasteiger partial charge on any atom is 0.229 e. The van der Waals surface area contributed by atoms with E-state index in [1.54, 1.807) is 7.11 Å². The summed E-state index contributed by atoms with van der Waals surface area (Å²) in [4.78, 5) is 11.6. The Morgan fingerprint density at radius 2 is 1.48 bits per heavy atom.